The summed E-state index contributed by atoms with van der Waals surface area (Å²) < 4.78 is 16.0. The average Bonchev–Trinajstić information content (AvgIpc) is 2.58. The fourth-order valence-electron chi connectivity index (χ4n) is 3.34. The van der Waals surface area contributed by atoms with Crippen LogP contribution in [-0.4, -0.2) is 32.8 Å². The number of carbonyl (C=O) groups excluding carboxylic acids is 1. The van der Waals surface area contributed by atoms with Crippen LogP contribution in [0, 0.1) is 5.92 Å². The molecule has 0 saturated heterocycles. The smallest absolute Gasteiger partial charge is 0.225 e. The summed E-state index contributed by atoms with van der Waals surface area (Å²) in [6.07, 6.45) is 3.86. The van der Waals surface area contributed by atoms with E-state index >= 15 is 0 Å². The van der Waals surface area contributed by atoms with Gasteiger partial charge in [0.05, 0.1) is 27.2 Å². The van der Waals surface area contributed by atoms with Crippen molar-refractivity contribution in [3.8, 4) is 17.2 Å². The SMILES string of the molecule is COc1cc(CNC(=O)C2CCCCC2(C)N)cc(OC)c1OC. The van der Waals surface area contributed by atoms with Gasteiger partial charge in [-0.2, -0.15) is 0 Å². The summed E-state index contributed by atoms with van der Waals surface area (Å²) in [6, 6.07) is 3.67. The highest BCUT2D eigenvalue weighted by Gasteiger charge is 2.37. The molecule has 1 fully saturated rings. The number of carbonyl (C=O) groups is 1. The lowest BCUT2D eigenvalue weighted by molar-refractivity contribution is -0.128. The maximum atomic E-state index is 12.5. The minimum Gasteiger partial charge on any atom is -0.493 e. The van der Waals surface area contributed by atoms with Gasteiger partial charge >= 0.3 is 0 Å². The average molecular weight is 336 g/mol. The normalized spacial score (nSPS) is 23.5. The molecule has 0 aromatic heterocycles. The van der Waals surface area contributed by atoms with Crippen molar-refractivity contribution in [3.05, 3.63) is 17.7 Å². The lowest BCUT2D eigenvalue weighted by Gasteiger charge is -2.37. The van der Waals surface area contributed by atoms with E-state index in [0.717, 1.165) is 31.2 Å². The summed E-state index contributed by atoms with van der Waals surface area (Å²) in [6.45, 7) is 2.36. The van der Waals surface area contributed by atoms with Gasteiger partial charge in [0.15, 0.2) is 11.5 Å². The maximum absolute atomic E-state index is 12.5. The molecular formula is C18H28N2O4. The van der Waals surface area contributed by atoms with Gasteiger partial charge in [-0.3, -0.25) is 4.79 Å². The van der Waals surface area contributed by atoms with Crippen LogP contribution in [0.25, 0.3) is 0 Å². The fraction of sp³-hybridized carbons (Fsp3) is 0.611. The van der Waals surface area contributed by atoms with E-state index in [1.165, 1.54) is 0 Å². The topological polar surface area (TPSA) is 82.8 Å². The van der Waals surface area contributed by atoms with Gasteiger partial charge < -0.3 is 25.3 Å². The van der Waals surface area contributed by atoms with E-state index in [1.807, 2.05) is 19.1 Å². The van der Waals surface area contributed by atoms with Crippen LogP contribution >= 0.6 is 0 Å². The molecule has 1 aliphatic carbocycles. The molecule has 0 radical (unpaired) electrons. The van der Waals surface area contributed by atoms with Gasteiger partial charge in [-0.15, -0.1) is 0 Å². The van der Waals surface area contributed by atoms with Crippen LogP contribution in [0.2, 0.25) is 0 Å². The van der Waals surface area contributed by atoms with E-state index in [-0.39, 0.29) is 11.8 Å². The Morgan fingerprint density at radius 2 is 1.83 bits per heavy atom. The van der Waals surface area contributed by atoms with Crippen molar-refractivity contribution in [2.45, 2.75) is 44.7 Å². The predicted molar refractivity (Wildman–Crippen MR) is 92.5 cm³/mol. The minimum atomic E-state index is -0.433. The van der Waals surface area contributed by atoms with Gasteiger partial charge in [0.1, 0.15) is 0 Å². The molecule has 0 bridgehead atoms. The third kappa shape index (κ3) is 3.93. The van der Waals surface area contributed by atoms with E-state index in [9.17, 15) is 4.79 Å². The van der Waals surface area contributed by atoms with E-state index in [1.54, 1.807) is 21.3 Å². The number of hydrogen-bond acceptors (Lipinski definition) is 5. The zero-order valence-electron chi connectivity index (χ0n) is 15.0. The predicted octanol–water partition coefficient (Wildman–Crippen LogP) is 2.24. The van der Waals surface area contributed by atoms with Gasteiger partial charge in [0.2, 0.25) is 11.7 Å². The zero-order chi connectivity index (χ0) is 17.7. The third-order valence-corrected chi connectivity index (χ3v) is 4.76. The Hall–Kier alpha value is -1.95. The molecule has 1 amide bonds. The van der Waals surface area contributed by atoms with Crippen LogP contribution < -0.4 is 25.3 Å². The van der Waals surface area contributed by atoms with Gasteiger partial charge in [-0.25, -0.2) is 0 Å². The molecule has 1 aromatic rings. The third-order valence-electron chi connectivity index (χ3n) is 4.76. The zero-order valence-corrected chi connectivity index (χ0v) is 15.0. The highest BCUT2D eigenvalue weighted by molar-refractivity contribution is 5.80. The maximum Gasteiger partial charge on any atom is 0.225 e. The number of rotatable bonds is 6. The van der Waals surface area contributed by atoms with Crippen LogP contribution in [-0.2, 0) is 11.3 Å². The molecule has 6 heteroatoms. The van der Waals surface area contributed by atoms with Crippen molar-refractivity contribution in [1.82, 2.24) is 5.32 Å². The molecular weight excluding hydrogens is 308 g/mol. The molecule has 0 spiro atoms. The Balaban J connectivity index is 2.10. The largest absolute Gasteiger partial charge is 0.493 e. The molecule has 1 aliphatic rings. The Labute approximate surface area is 143 Å². The molecule has 1 aromatic carbocycles. The Kier molecular flexibility index (Phi) is 5.94. The van der Waals surface area contributed by atoms with Crippen LogP contribution in [0.5, 0.6) is 17.2 Å². The first-order valence-electron chi connectivity index (χ1n) is 8.28. The van der Waals surface area contributed by atoms with Crippen molar-refractivity contribution >= 4 is 5.91 Å². The summed E-state index contributed by atoms with van der Waals surface area (Å²) in [5.41, 5.74) is 6.75. The molecule has 6 nitrogen and oxygen atoms in total. The molecule has 134 valence electrons. The lowest BCUT2D eigenvalue weighted by atomic mass is 9.74. The summed E-state index contributed by atoms with van der Waals surface area (Å²) >= 11 is 0. The number of hydrogen-bond donors (Lipinski definition) is 2. The summed E-state index contributed by atoms with van der Waals surface area (Å²) in [5, 5.41) is 2.99. The first-order valence-corrected chi connectivity index (χ1v) is 8.28. The van der Waals surface area contributed by atoms with Crippen LogP contribution in [0.15, 0.2) is 12.1 Å². The minimum absolute atomic E-state index is 0.00783. The molecule has 0 heterocycles. The van der Waals surface area contributed by atoms with Crippen molar-refractivity contribution < 1.29 is 19.0 Å². The Bertz CT molecular complexity index is 561. The molecule has 2 unspecified atom stereocenters. The molecule has 24 heavy (non-hydrogen) atoms. The first-order chi connectivity index (χ1) is 11.4. The van der Waals surface area contributed by atoms with Crippen molar-refractivity contribution in [1.29, 1.82) is 0 Å². The van der Waals surface area contributed by atoms with E-state index in [0.29, 0.717) is 23.8 Å². The number of nitrogens with one attached hydrogen (secondary N) is 1. The Morgan fingerprint density at radius 1 is 1.21 bits per heavy atom. The number of amides is 1. The number of benzene rings is 1. The van der Waals surface area contributed by atoms with Crippen LogP contribution in [0.4, 0.5) is 0 Å². The van der Waals surface area contributed by atoms with Crippen molar-refractivity contribution in [2.24, 2.45) is 11.7 Å². The molecule has 0 aliphatic heterocycles. The van der Waals surface area contributed by atoms with E-state index in [2.05, 4.69) is 5.32 Å². The highest BCUT2D eigenvalue weighted by Crippen LogP contribution is 2.38. The van der Waals surface area contributed by atoms with E-state index in [4.69, 9.17) is 19.9 Å². The molecule has 3 N–H and O–H groups in total. The number of methoxy groups -OCH3 is 3. The van der Waals surface area contributed by atoms with Gasteiger partial charge in [0, 0.05) is 12.1 Å². The van der Waals surface area contributed by atoms with Gasteiger partial charge in [0.25, 0.3) is 0 Å². The molecule has 2 rings (SSSR count). The number of nitrogens with two attached hydrogens (primary N) is 1. The second-order valence-electron chi connectivity index (χ2n) is 6.56. The second kappa shape index (κ2) is 7.75. The Morgan fingerprint density at radius 3 is 2.33 bits per heavy atom. The first kappa shape index (κ1) is 18.4. The van der Waals surface area contributed by atoms with Gasteiger partial charge in [-0.1, -0.05) is 12.8 Å². The van der Waals surface area contributed by atoms with Crippen LogP contribution in [0.1, 0.15) is 38.2 Å². The van der Waals surface area contributed by atoms with Crippen LogP contribution in [0.3, 0.4) is 0 Å². The summed E-state index contributed by atoms with van der Waals surface area (Å²) in [5.74, 6) is 1.54. The second-order valence-corrected chi connectivity index (χ2v) is 6.56. The summed E-state index contributed by atoms with van der Waals surface area (Å²) in [4.78, 5) is 12.5. The quantitative estimate of drug-likeness (QED) is 0.832. The fourth-order valence-corrected chi connectivity index (χ4v) is 3.34. The summed E-state index contributed by atoms with van der Waals surface area (Å²) in [7, 11) is 4.70. The lowest BCUT2D eigenvalue weighted by Crippen LogP contribution is -2.52. The van der Waals surface area contributed by atoms with Gasteiger partial charge in [-0.05, 0) is 37.5 Å². The van der Waals surface area contributed by atoms with Crippen molar-refractivity contribution in [3.63, 3.8) is 0 Å². The van der Waals surface area contributed by atoms with E-state index < -0.39 is 5.54 Å². The molecule has 2 atom stereocenters. The standard InChI is InChI=1S/C18H28N2O4/c1-18(19)8-6-5-7-13(18)17(21)20-11-12-9-14(22-2)16(24-4)15(10-12)23-3/h9-10,13H,5-8,11,19H2,1-4H3,(H,20,21). The number of ether oxygens (including phenoxy) is 3. The molecule has 1 saturated carbocycles. The van der Waals surface area contributed by atoms with Crippen molar-refractivity contribution in [2.75, 3.05) is 21.3 Å². The monoisotopic (exact) mass is 336 g/mol. The highest BCUT2D eigenvalue weighted by atomic mass is 16.5.